The Balaban J connectivity index is 1.80. The van der Waals surface area contributed by atoms with Crippen molar-refractivity contribution in [3.05, 3.63) is 11.9 Å². The summed E-state index contributed by atoms with van der Waals surface area (Å²) >= 11 is 1.78. The third-order valence-electron chi connectivity index (χ3n) is 2.69. The molecule has 1 aromatic heterocycles. The standard InChI is InChI=1S/C10H17N5OS/c1-17-4-2-3-12-10(16)9-7-15(14-13-9)8-5-11-6-8/h7-8,11H,2-6H2,1H3,(H,12,16). The highest BCUT2D eigenvalue weighted by Gasteiger charge is 2.21. The van der Waals surface area contributed by atoms with Crippen molar-refractivity contribution >= 4 is 17.7 Å². The molecule has 2 heterocycles. The number of thioether (sulfide) groups is 1. The molecule has 1 aliphatic heterocycles. The van der Waals surface area contributed by atoms with E-state index in [2.05, 4.69) is 27.2 Å². The van der Waals surface area contributed by atoms with Crippen LogP contribution in [-0.4, -0.2) is 52.5 Å². The van der Waals surface area contributed by atoms with Crippen molar-refractivity contribution < 1.29 is 4.79 Å². The number of carbonyl (C=O) groups excluding carboxylic acids is 1. The summed E-state index contributed by atoms with van der Waals surface area (Å²) < 4.78 is 1.76. The SMILES string of the molecule is CSCCCNC(=O)c1cn(C2CNC2)nn1. The zero-order valence-corrected chi connectivity index (χ0v) is 10.7. The summed E-state index contributed by atoms with van der Waals surface area (Å²) in [6.45, 7) is 2.49. The second-order valence-corrected chi connectivity index (χ2v) is 4.98. The fourth-order valence-electron chi connectivity index (χ4n) is 1.53. The van der Waals surface area contributed by atoms with Crippen LogP contribution < -0.4 is 10.6 Å². The van der Waals surface area contributed by atoms with E-state index in [-0.39, 0.29) is 5.91 Å². The summed E-state index contributed by atoms with van der Waals surface area (Å²) in [6, 6.07) is 0.348. The molecule has 1 fully saturated rings. The quantitative estimate of drug-likeness (QED) is 0.695. The van der Waals surface area contributed by atoms with E-state index in [1.807, 2.05) is 0 Å². The van der Waals surface area contributed by atoms with E-state index >= 15 is 0 Å². The molecule has 1 amide bonds. The molecule has 0 radical (unpaired) electrons. The van der Waals surface area contributed by atoms with Crippen LogP contribution in [0, 0.1) is 0 Å². The molecule has 1 aliphatic rings. The fraction of sp³-hybridized carbons (Fsp3) is 0.700. The number of nitrogens with zero attached hydrogens (tertiary/aromatic N) is 3. The number of aromatic nitrogens is 3. The number of hydrogen-bond acceptors (Lipinski definition) is 5. The number of hydrogen-bond donors (Lipinski definition) is 2. The largest absolute Gasteiger partial charge is 0.351 e. The lowest BCUT2D eigenvalue weighted by Gasteiger charge is -2.26. The zero-order chi connectivity index (χ0) is 12.1. The Labute approximate surface area is 105 Å². The van der Waals surface area contributed by atoms with E-state index in [9.17, 15) is 4.79 Å². The summed E-state index contributed by atoms with van der Waals surface area (Å²) in [5, 5.41) is 13.8. The highest BCUT2D eigenvalue weighted by Crippen LogP contribution is 2.09. The molecule has 1 saturated heterocycles. The van der Waals surface area contributed by atoms with Gasteiger partial charge in [0.15, 0.2) is 5.69 Å². The minimum Gasteiger partial charge on any atom is -0.351 e. The van der Waals surface area contributed by atoms with Crippen LogP contribution in [-0.2, 0) is 0 Å². The average molecular weight is 255 g/mol. The van der Waals surface area contributed by atoms with Crippen LogP contribution in [0.4, 0.5) is 0 Å². The van der Waals surface area contributed by atoms with Crippen molar-refractivity contribution in [1.29, 1.82) is 0 Å². The Bertz CT molecular complexity index is 377. The predicted octanol–water partition coefficient (Wildman–Crippen LogP) is -0.0947. The lowest BCUT2D eigenvalue weighted by Crippen LogP contribution is -2.43. The Morgan fingerprint density at radius 3 is 3.18 bits per heavy atom. The molecule has 17 heavy (non-hydrogen) atoms. The van der Waals surface area contributed by atoms with Gasteiger partial charge in [-0.05, 0) is 18.4 Å². The molecule has 6 nitrogen and oxygen atoms in total. The van der Waals surface area contributed by atoms with Crippen molar-refractivity contribution in [3.63, 3.8) is 0 Å². The van der Waals surface area contributed by atoms with Gasteiger partial charge < -0.3 is 10.6 Å². The van der Waals surface area contributed by atoms with Crippen LogP contribution in [0.3, 0.4) is 0 Å². The van der Waals surface area contributed by atoms with Gasteiger partial charge in [0.2, 0.25) is 0 Å². The van der Waals surface area contributed by atoms with Crippen LogP contribution in [0.1, 0.15) is 23.0 Å². The topological polar surface area (TPSA) is 71.8 Å². The van der Waals surface area contributed by atoms with Crippen molar-refractivity contribution in [2.24, 2.45) is 0 Å². The van der Waals surface area contributed by atoms with Crippen LogP contribution >= 0.6 is 11.8 Å². The van der Waals surface area contributed by atoms with E-state index in [0.717, 1.165) is 25.3 Å². The van der Waals surface area contributed by atoms with Crippen molar-refractivity contribution in [2.75, 3.05) is 31.6 Å². The van der Waals surface area contributed by atoms with Gasteiger partial charge in [0.1, 0.15) is 0 Å². The van der Waals surface area contributed by atoms with Crippen LogP contribution in [0.15, 0.2) is 6.20 Å². The Morgan fingerprint density at radius 1 is 1.71 bits per heavy atom. The third kappa shape index (κ3) is 3.19. The smallest absolute Gasteiger partial charge is 0.273 e. The summed E-state index contributed by atoms with van der Waals surface area (Å²) in [7, 11) is 0. The summed E-state index contributed by atoms with van der Waals surface area (Å²) in [6.07, 6.45) is 4.75. The van der Waals surface area contributed by atoms with E-state index in [4.69, 9.17) is 0 Å². The first-order chi connectivity index (χ1) is 8.31. The Morgan fingerprint density at radius 2 is 2.53 bits per heavy atom. The monoisotopic (exact) mass is 255 g/mol. The van der Waals surface area contributed by atoms with Gasteiger partial charge in [0.05, 0.1) is 12.2 Å². The van der Waals surface area contributed by atoms with E-state index < -0.39 is 0 Å². The molecular weight excluding hydrogens is 238 g/mol. The Hall–Kier alpha value is -1.08. The molecule has 7 heteroatoms. The molecular formula is C10H17N5OS. The molecule has 0 atom stereocenters. The molecule has 2 N–H and O–H groups in total. The van der Waals surface area contributed by atoms with Gasteiger partial charge in [-0.3, -0.25) is 4.79 Å². The van der Waals surface area contributed by atoms with Gasteiger partial charge in [-0.2, -0.15) is 11.8 Å². The first kappa shape index (κ1) is 12.4. The van der Waals surface area contributed by atoms with Crippen molar-refractivity contribution in [3.8, 4) is 0 Å². The van der Waals surface area contributed by atoms with Crippen LogP contribution in [0.5, 0.6) is 0 Å². The molecule has 0 aliphatic carbocycles. The van der Waals surface area contributed by atoms with E-state index in [0.29, 0.717) is 18.3 Å². The second kappa shape index (κ2) is 6.02. The normalized spacial score (nSPS) is 15.6. The van der Waals surface area contributed by atoms with Crippen LogP contribution in [0.25, 0.3) is 0 Å². The minimum absolute atomic E-state index is 0.135. The number of nitrogens with one attached hydrogen (secondary N) is 2. The second-order valence-electron chi connectivity index (χ2n) is 4.00. The lowest BCUT2D eigenvalue weighted by atomic mass is 10.2. The maximum Gasteiger partial charge on any atom is 0.273 e. The van der Waals surface area contributed by atoms with Crippen LogP contribution in [0.2, 0.25) is 0 Å². The molecule has 0 unspecified atom stereocenters. The highest BCUT2D eigenvalue weighted by molar-refractivity contribution is 7.98. The van der Waals surface area contributed by atoms with Crippen molar-refractivity contribution in [2.45, 2.75) is 12.5 Å². The lowest BCUT2D eigenvalue weighted by molar-refractivity contribution is 0.0948. The maximum absolute atomic E-state index is 11.7. The first-order valence-corrected chi connectivity index (χ1v) is 7.10. The first-order valence-electron chi connectivity index (χ1n) is 5.71. The van der Waals surface area contributed by atoms with Gasteiger partial charge in [-0.15, -0.1) is 5.10 Å². The van der Waals surface area contributed by atoms with Gasteiger partial charge >= 0.3 is 0 Å². The van der Waals surface area contributed by atoms with Gasteiger partial charge in [0, 0.05) is 19.6 Å². The Kier molecular flexibility index (Phi) is 4.38. The molecule has 0 aromatic carbocycles. The average Bonchev–Trinajstić information content (AvgIpc) is 2.71. The fourth-order valence-corrected chi connectivity index (χ4v) is 1.96. The number of carbonyl (C=O) groups is 1. The van der Waals surface area contributed by atoms with Gasteiger partial charge in [-0.1, -0.05) is 5.21 Å². The zero-order valence-electron chi connectivity index (χ0n) is 9.85. The van der Waals surface area contributed by atoms with E-state index in [1.54, 1.807) is 22.6 Å². The van der Waals surface area contributed by atoms with E-state index in [1.165, 1.54) is 0 Å². The molecule has 0 bridgehead atoms. The predicted molar refractivity (Wildman–Crippen MR) is 67.3 cm³/mol. The number of amides is 1. The number of rotatable bonds is 6. The molecule has 0 spiro atoms. The summed E-state index contributed by atoms with van der Waals surface area (Å²) in [4.78, 5) is 11.7. The molecule has 1 aromatic rings. The summed E-state index contributed by atoms with van der Waals surface area (Å²) in [5.41, 5.74) is 0.404. The van der Waals surface area contributed by atoms with Gasteiger partial charge in [-0.25, -0.2) is 4.68 Å². The minimum atomic E-state index is -0.135. The van der Waals surface area contributed by atoms with Crippen molar-refractivity contribution in [1.82, 2.24) is 25.6 Å². The molecule has 0 saturated carbocycles. The highest BCUT2D eigenvalue weighted by atomic mass is 32.2. The molecule has 94 valence electrons. The molecule has 2 rings (SSSR count). The van der Waals surface area contributed by atoms with Gasteiger partial charge in [0.25, 0.3) is 5.91 Å². The summed E-state index contributed by atoms with van der Waals surface area (Å²) in [5.74, 6) is 0.922. The maximum atomic E-state index is 11.7. The third-order valence-corrected chi connectivity index (χ3v) is 3.38.